The predicted molar refractivity (Wildman–Crippen MR) is 136 cm³/mol. The molecule has 2 atom stereocenters. The average molecular weight is 499 g/mol. The molecule has 1 aromatic heterocycles. The SMILES string of the molecule is Cc1cc(NC(=O)CCC(=O)N(CCC(C)C)[C@H](C(=O)NC[C@@H]2CCCO2)c2ccccc2C)no1. The van der Waals surface area contributed by atoms with Gasteiger partial charge in [0, 0.05) is 38.6 Å². The summed E-state index contributed by atoms with van der Waals surface area (Å²) in [5.41, 5.74) is 1.71. The molecule has 9 heteroatoms. The van der Waals surface area contributed by atoms with E-state index in [0.717, 1.165) is 30.4 Å². The van der Waals surface area contributed by atoms with Crippen LogP contribution in [0.3, 0.4) is 0 Å². The Kier molecular flexibility index (Phi) is 10.0. The third-order valence-corrected chi connectivity index (χ3v) is 6.30. The van der Waals surface area contributed by atoms with E-state index in [1.807, 2.05) is 31.2 Å². The first-order chi connectivity index (χ1) is 17.2. The van der Waals surface area contributed by atoms with Gasteiger partial charge < -0.3 is 24.8 Å². The van der Waals surface area contributed by atoms with Gasteiger partial charge in [0.2, 0.25) is 17.7 Å². The molecule has 2 heterocycles. The minimum absolute atomic E-state index is 0.00449. The maximum Gasteiger partial charge on any atom is 0.247 e. The molecule has 1 aromatic carbocycles. The molecule has 1 saturated heterocycles. The number of rotatable bonds is 12. The van der Waals surface area contributed by atoms with Gasteiger partial charge in [-0.3, -0.25) is 14.4 Å². The fourth-order valence-corrected chi connectivity index (χ4v) is 4.25. The van der Waals surface area contributed by atoms with Crippen molar-refractivity contribution in [1.29, 1.82) is 0 Å². The summed E-state index contributed by atoms with van der Waals surface area (Å²) in [6.45, 7) is 9.35. The van der Waals surface area contributed by atoms with Gasteiger partial charge in [-0.15, -0.1) is 0 Å². The zero-order valence-electron chi connectivity index (χ0n) is 21.7. The van der Waals surface area contributed by atoms with Crippen LogP contribution in [0.25, 0.3) is 0 Å². The van der Waals surface area contributed by atoms with Crippen molar-refractivity contribution < 1.29 is 23.6 Å². The maximum atomic E-state index is 13.6. The molecule has 3 rings (SSSR count). The fraction of sp³-hybridized carbons (Fsp3) is 0.556. The molecule has 1 aliphatic rings. The Hall–Kier alpha value is -3.20. The molecular formula is C27H38N4O5. The van der Waals surface area contributed by atoms with Gasteiger partial charge in [-0.25, -0.2) is 0 Å². The summed E-state index contributed by atoms with van der Waals surface area (Å²) in [7, 11) is 0. The number of hydrogen-bond acceptors (Lipinski definition) is 6. The summed E-state index contributed by atoms with van der Waals surface area (Å²) in [6.07, 6.45) is 2.57. The van der Waals surface area contributed by atoms with E-state index in [-0.39, 0.29) is 36.7 Å². The van der Waals surface area contributed by atoms with Crippen LogP contribution in [0.5, 0.6) is 0 Å². The number of benzene rings is 1. The van der Waals surface area contributed by atoms with E-state index in [1.54, 1.807) is 17.9 Å². The third-order valence-electron chi connectivity index (χ3n) is 6.30. The summed E-state index contributed by atoms with van der Waals surface area (Å²) in [5, 5.41) is 9.42. The lowest BCUT2D eigenvalue weighted by molar-refractivity contribution is -0.141. The molecule has 0 unspecified atom stereocenters. The minimum Gasteiger partial charge on any atom is -0.376 e. The Bertz CT molecular complexity index is 1030. The van der Waals surface area contributed by atoms with Gasteiger partial charge in [-0.1, -0.05) is 43.3 Å². The number of carbonyl (C=O) groups is 3. The Balaban J connectivity index is 1.77. The average Bonchev–Trinajstić information content (AvgIpc) is 3.51. The molecule has 196 valence electrons. The highest BCUT2D eigenvalue weighted by Crippen LogP contribution is 2.27. The lowest BCUT2D eigenvalue weighted by atomic mass is 9.97. The van der Waals surface area contributed by atoms with Gasteiger partial charge in [-0.05, 0) is 50.2 Å². The Morgan fingerprint density at radius 2 is 1.94 bits per heavy atom. The highest BCUT2D eigenvalue weighted by molar-refractivity contribution is 5.94. The Morgan fingerprint density at radius 3 is 2.58 bits per heavy atom. The van der Waals surface area contributed by atoms with Crippen molar-refractivity contribution in [2.24, 2.45) is 5.92 Å². The first-order valence-corrected chi connectivity index (χ1v) is 12.7. The first-order valence-electron chi connectivity index (χ1n) is 12.7. The van der Waals surface area contributed by atoms with Gasteiger partial charge in [0.05, 0.1) is 6.10 Å². The number of ether oxygens (including phenoxy) is 1. The van der Waals surface area contributed by atoms with Crippen LogP contribution in [0.2, 0.25) is 0 Å². The first kappa shape index (κ1) is 27.4. The van der Waals surface area contributed by atoms with Crippen molar-refractivity contribution in [2.75, 3.05) is 25.0 Å². The molecule has 3 amide bonds. The number of amides is 3. The lowest BCUT2D eigenvalue weighted by Gasteiger charge is -2.33. The topological polar surface area (TPSA) is 114 Å². The zero-order valence-corrected chi connectivity index (χ0v) is 21.7. The van der Waals surface area contributed by atoms with Crippen molar-refractivity contribution in [2.45, 2.75) is 71.9 Å². The molecule has 0 radical (unpaired) electrons. The molecule has 9 nitrogen and oxygen atoms in total. The second-order valence-electron chi connectivity index (χ2n) is 9.78. The van der Waals surface area contributed by atoms with E-state index in [4.69, 9.17) is 9.26 Å². The fourth-order valence-electron chi connectivity index (χ4n) is 4.25. The number of nitrogens with one attached hydrogen (secondary N) is 2. The van der Waals surface area contributed by atoms with E-state index in [9.17, 15) is 14.4 Å². The normalized spacial score (nSPS) is 16.1. The van der Waals surface area contributed by atoms with Crippen LogP contribution in [0.1, 0.15) is 68.9 Å². The Morgan fingerprint density at radius 1 is 1.17 bits per heavy atom. The van der Waals surface area contributed by atoms with Crippen LogP contribution in [-0.4, -0.2) is 53.6 Å². The van der Waals surface area contributed by atoms with Crippen LogP contribution in [-0.2, 0) is 19.1 Å². The molecule has 1 aliphatic heterocycles. The van der Waals surface area contributed by atoms with E-state index >= 15 is 0 Å². The van der Waals surface area contributed by atoms with Gasteiger partial charge in [-0.2, -0.15) is 0 Å². The third kappa shape index (κ3) is 7.91. The van der Waals surface area contributed by atoms with Gasteiger partial charge in [0.15, 0.2) is 5.82 Å². The minimum atomic E-state index is -0.792. The van der Waals surface area contributed by atoms with Crippen LogP contribution in [0, 0.1) is 19.8 Å². The van der Waals surface area contributed by atoms with E-state index in [1.165, 1.54) is 0 Å². The van der Waals surface area contributed by atoms with Crippen LogP contribution in [0.15, 0.2) is 34.9 Å². The number of nitrogens with zero attached hydrogens (tertiary/aromatic N) is 2. The van der Waals surface area contributed by atoms with Gasteiger partial charge in [0.1, 0.15) is 11.8 Å². The van der Waals surface area contributed by atoms with E-state index in [0.29, 0.717) is 37.2 Å². The van der Waals surface area contributed by atoms with Crippen LogP contribution < -0.4 is 10.6 Å². The highest BCUT2D eigenvalue weighted by atomic mass is 16.5. The van der Waals surface area contributed by atoms with Crippen LogP contribution >= 0.6 is 0 Å². The summed E-state index contributed by atoms with van der Waals surface area (Å²) in [4.78, 5) is 41.1. The molecule has 1 fully saturated rings. The molecular weight excluding hydrogens is 460 g/mol. The van der Waals surface area contributed by atoms with Gasteiger partial charge in [0.25, 0.3) is 0 Å². The smallest absolute Gasteiger partial charge is 0.247 e. The molecule has 0 spiro atoms. The number of hydrogen-bond donors (Lipinski definition) is 2. The van der Waals surface area contributed by atoms with E-state index < -0.39 is 6.04 Å². The summed E-state index contributed by atoms with van der Waals surface area (Å²) in [6, 6.07) is 8.44. The standard InChI is InChI=1S/C27H38N4O5/c1-18(2)13-14-31(25(33)12-11-24(32)29-23-16-20(4)36-30-23)26(22-10-6-5-8-19(22)3)27(34)28-17-21-9-7-15-35-21/h5-6,8,10,16,18,21,26H,7,9,11-15,17H2,1-4H3,(H,28,34)(H,29,30,32)/t21-,26-/m0/s1. The summed E-state index contributed by atoms with van der Waals surface area (Å²) in [5.74, 6) is 0.411. The number of anilines is 1. The molecule has 0 saturated carbocycles. The van der Waals surface area contributed by atoms with Crippen LogP contribution in [0.4, 0.5) is 5.82 Å². The number of carbonyl (C=O) groups excluding carboxylic acids is 3. The number of aromatic nitrogens is 1. The Labute approximate surface area is 212 Å². The van der Waals surface area contributed by atoms with E-state index in [2.05, 4.69) is 29.6 Å². The summed E-state index contributed by atoms with van der Waals surface area (Å²) < 4.78 is 10.6. The lowest BCUT2D eigenvalue weighted by Crippen LogP contribution is -2.46. The maximum absolute atomic E-state index is 13.6. The van der Waals surface area contributed by atoms with Gasteiger partial charge >= 0.3 is 0 Å². The monoisotopic (exact) mass is 498 g/mol. The molecule has 36 heavy (non-hydrogen) atoms. The van der Waals surface area contributed by atoms with Crippen molar-refractivity contribution in [3.63, 3.8) is 0 Å². The second-order valence-corrected chi connectivity index (χ2v) is 9.78. The predicted octanol–water partition coefficient (Wildman–Crippen LogP) is 3.92. The van der Waals surface area contributed by atoms with Crippen molar-refractivity contribution in [3.8, 4) is 0 Å². The highest BCUT2D eigenvalue weighted by Gasteiger charge is 2.33. The summed E-state index contributed by atoms with van der Waals surface area (Å²) >= 11 is 0. The largest absolute Gasteiger partial charge is 0.376 e. The number of aryl methyl sites for hydroxylation is 2. The quantitative estimate of drug-likeness (QED) is 0.459. The zero-order chi connectivity index (χ0) is 26.1. The molecule has 0 aliphatic carbocycles. The molecule has 2 aromatic rings. The van der Waals surface area contributed by atoms with Crippen molar-refractivity contribution in [3.05, 3.63) is 47.2 Å². The van der Waals surface area contributed by atoms with Crippen molar-refractivity contribution in [1.82, 2.24) is 15.4 Å². The second kappa shape index (κ2) is 13.2. The molecule has 2 N–H and O–H groups in total. The molecule has 0 bridgehead atoms. The van der Waals surface area contributed by atoms with Crippen molar-refractivity contribution >= 4 is 23.5 Å².